The summed E-state index contributed by atoms with van der Waals surface area (Å²) in [4.78, 5) is 16.9. The van der Waals surface area contributed by atoms with Gasteiger partial charge in [0.15, 0.2) is 5.78 Å². The van der Waals surface area contributed by atoms with E-state index in [0.717, 1.165) is 22.0 Å². The summed E-state index contributed by atoms with van der Waals surface area (Å²) in [6.45, 7) is 0. The molecule has 1 heterocycles. The smallest absolute Gasteiger partial charge is 0.194 e. The molecule has 0 fully saturated rings. The molecular formula is C16H10N2O. The molecule has 3 heteroatoms. The van der Waals surface area contributed by atoms with E-state index in [-0.39, 0.29) is 5.78 Å². The van der Waals surface area contributed by atoms with Gasteiger partial charge in [0.1, 0.15) is 0 Å². The van der Waals surface area contributed by atoms with Gasteiger partial charge in [-0.3, -0.25) is 9.78 Å². The van der Waals surface area contributed by atoms with Gasteiger partial charge in [-0.2, -0.15) is 0 Å². The minimum Gasteiger partial charge on any atom is -0.397 e. The van der Waals surface area contributed by atoms with E-state index in [1.54, 1.807) is 6.20 Å². The van der Waals surface area contributed by atoms with E-state index >= 15 is 0 Å². The highest BCUT2D eigenvalue weighted by Crippen LogP contribution is 2.41. The predicted octanol–water partition coefficient (Wildman–Crippen LogP) is 3.03. The van der Waals surface area contributed by atoms with E-state index in [4.69, 9.17) is 5.73 Å². The Hall–Kier alpha value is -2.68. The standard InChI is InChI=1S/C16H10N2O/c17-12-8-18-13-7-3-6-11-15(13)14(12)9-4-1-2-5-10(9)16(11)19/h1-8H,17H2. The van der Waals surface area contributed by atoms with Gasteiger partial charge >= 0.3 is 0 Å². The number of rotatable bonds is 0. The van der Waals surface area contributed by atoms with Crippen LogP contribution in [0.5, 0.6) is 0 Å². The summed E-state index contributed by atoms with van der Waals surface area (Å²) in [5.74, 6) is 0.0427. The summed E-state index contributed by atoms with van der Waals surface area (Å²) in [5, 5.41) is 0.867. The van der Waals surface area contributed by atoms with E-state index in [0.29, 0.717) is 16.8 Å². The van der Waals surface area contributed by atoms with Crippen LogP contribution in [-0.4, -0.2) is 10.8 Å². The van der Waals surface area contributed by atoms with Crippen molar-refractivity contribution in [2.75, 3.05) is 5.73 Å². The van der Waals surface area contributed by atoms with Crippen molar-refractivity contribution in [2.24, 2.45) is 0 Å². The van der Waals surface area contributed by atoms with Crippen LogP contribution in [0.1, 0.15) is 15.9 Å². The Labute approximate surface area is 109 Å². The molecule has 0 saturated carbocycles. The molecule has 1 aliphatic carbocycles. The summed E-state index contributed by atoms with van der Waals surface area (Å²) in [7, 11) is 0. The molecule has 0 saturated heterocycles. The lowest BCUT2D eigenvalue weighted by Crippen LogP contribution is -2.11. The molecule has 2 aromatic carbocycles. The summed E-state index contributed by atoms with van der Waals surface area (Å²) in [5.41, 5.74) is 10.7. The average Bonchev–Trinajstić information content (AvgIpc) is 2.45. The van der Waals surface area contributed by atoms with Crippen LogP contribution in [0.15, 0.2) is 48.7 Å². The molecule has 2 N–H and O–H groups in total. The number of hydrogen-bond acceptors (Lipinski definition) is 3. The van der Waals surface area contributed by atoms with Gasteiger partial charge in [0.25, 0.3) is 0 Å². The third kappa shape index (κ3) is 1.21. The maximum absolute atomic E-state index is 12.5. The first-order chi connectivity index (χ1) is 9.27. The predicted molar refractivity (Wildman–Crippen MR) is 75.0 cm³/mol. The van der Waals surface area contributed by atoms with Crippen LogP contribution in [-0.2, 0) is 0 Å². The lowest BCUT2D eigenvalue weighted by Gasteiger charge is -2.20. The van der Waals surface area contributed by atoms with Crippen LogP contribution in [0, 0.1) is 0 Å². The topological polar surface area (TPSA) is 56.0 Å². The number of anilines is 1. The Morgan fingerprint density at radius 1 is 0.895 bits per heavy atom. The normalized spacial score (nSPS) is 12.5. The zero-order valence-corrected chi connectivity index (χ0v) is 10.1. The average molecular weight is 246 g/mol. The number of pyridine rings is 1. The van der Waals surface area contributed by atoms with Crippen molar-refractivity contribution in [3.63, 3.8) is 0 Å². The zero-order valence-electron chi connectivity index (χ0n) is 10.1. The van der Waals surface area contributed by atoms with Crippen molar-refractivity contribution in [2.45, 2.75) is 0 Å². The Balaban J connectivity index is 2.31. The van der Waals surface area contributed by atoms with Crippen molar-refractivity contribution < 1.29 is 4.79 Å². The number of ketones is 1. The van der Waals surface area contributed by atoms with Crippen LogP contribution in [0.3, 0.4) is 0 Å². The molecule has 1 aliphatic rings. The molecule has 0 spiro atoms. The highest BCUT2D eigenvalue weighted by molar-refractivity contribution is 6.26. The second-order valence-corrected chi connectivity index (χ2v) is 4.66. The first-order valence-electron chi connectivity index (χ1n) is 6.08. The molecule has 0 radical (unpaired) electrons. The molecule has 3 nitrogen and oxygen atoms in total. The first kappa shape index (κ1) is 10.3. The summed E-state index contributed by atoms with van der Waals surface area (Å²) >= 11 is 0. The van der Waals surface area contributed by atoms with E-state index in [1.807, 2.05) is 42.5 Å². The van der Waals surface area contributed by atoms with E-state index < -0.39 is 0 Å². The lowest BCUT2D eigenvalue weighted by atomic mass is 9.83. The quantitative estimate of drug-likeness (QED) is 0.519. The minimum atomic E-state index is 0.0427. The lowest BCUT2D eigenvalue weighted by molar-refractivity contribution is 0.104. The third-order valence-corrected chi connectivity index (χ3v) is 3.61. The zero-order chi connectivity index (χ0) is 13.0. The van der Waals surface area contributed by atoms with Crippen LogP contribution in [0.4, 0.5) is 5.69 Å². The number of nitrogens with zero attached hydrogens (tertiary/aromatic N) is 1. The molecular weight excluding hydrogens is 236 g/mol. The molecule has 0 bridgehead atoms. The van der Waals surface area contributed by atoms with Crippen LogP contribution < -0.4 is 5.73 Å². The SMILES string of the molecule is Nc1cnc2cccc3c2c1-c1ccccc1C3=O. The third-order valence-electron chi connectivity index (χ3n) is 3.61. The van der Waals surface area contributed by atoms with Crippen LogP contribution >= 0.6 is 0 Å². The van der Waals surface area contributed by atoms with Crippen LogP contribution in [0.25, 0.3) is 22.0 Å². The van der Waals surface area contributed by atoms with Crippen molar-refractivity contribution >= 4 is 22.4 Å². The van der Waals surface area contributed by atoms with E-state index in [1.165, 1.54) is 0 Å². The number of benzene rings is 2. The number of nitrogens with two attached hydrogens (primary N) is 1. The van der Waals surface area contributed by atoms with Gasteiger partial charge < -0.3 is 5.73 Å². The molecule has 0 atom stereocenters. The van der Waals surface area contributed by atoms with Gasteiger partial charge in [-0.1, -0.05) is 36.4 Å². The number of carbonyl (C=O) groups excluding carboxylic acids is 1. The highest BCUT2D eigenvalue weighted by atomic mass is 16.1. The van der Waals surface area contributed by atoms with Gasteiger partial charge in [0, 0.05) is 22.1 Å². The Morgan fingerprint density at radius 3 is 2.47 bits per heavy atom. The molecule has 0 amide bonds. The Kier molecular flexibility index (Phi) is 1.85. The number of hydrogen-bond donors (Lipinski definition) is 1. The van der Waals surface area contributed by atoms with Crippen molar-refractivity contribution in [1.82, 2.24) is 4.98 Å². The summed E-state index contributed by atoms with van der Waals surface area (Å²) in [6, 6.07) is 13.2. The highest BCUT2D eigenvalue weighted by Gasteiger charge is 2.26. The van der Waals surface area contributed by atoms with Crippen molar-refractivity contribution in [3.05, 3.63) is 59.8 Å². The molecule has 4 rings (SSSR count). The van der Waals surface area contributed by atoms with Gasteiger partial charge in [0.2, 0.25) is 0 Å². The van der Waals surface area contributed by atoms with Gasteiger partial charge in [-0.25, -0.2) is 0 Å². The number of nitrogen functional groups attached to an aromatic ring is 1. The fourth-order valence-electron chi connectivity index (χ4n) is 2.78. The summed E-state index contributed by atoms with van der Waals surface area (Å²) < 4.78 is 0. The fourth-order valence-corrected chi connectivity index (χ4v) is 2.78. The molecule has 90 valence electrons. The summed E-state index contributed by atoms with van der Waals surface area (Å²) in [6.07, 6.45) is 1.66. The number of carbonyl (C=O) groups is 1. The maximum Gasteiger partial charge on any atom is 0.194 e. The minimum absolute atomic E-state index is 0.0427. The second kappa shape index (κ2) is 3.42. The van der Waals surface area contributed by atoms with E-state index in [2.05, 4.69) is 4.98 Å². The number of aromatic nitrogens is 1. The second-order valence-electron chi connectivity index (χ2n) is 4.66. The molecule has 3 aromatic rings. The van der Waals surface area contributed by atoms with Crippen LogP contribution in [0.2, 0.25) is 0 Å². The first-order valence-corrected chi connectivity index (χ1v) is 6.08. The van der Waals surface area contributed by atoms with Crippen molar-refractivity contribution in [1.29, 1.82) is 0 Å². The number of fused-ring (bicyclic) bond motifs is 2. The Bertz CT molecular complexity index is 852. The van der Waals surface area contributed by atoms with Gasteiger partial charge in [-0.15, -0.1) is 0 Å². The van der Waals surface area contributed by atoms with Gasteiger partial charge in [0.05, 0.1) is 17.4 Å². The molecule has 0 unspecified atom stereocenters. The van der Waals surface area contributed by atoms with Gasteiger partial charge in [-0.05, 0) is 11.6 Å². The monoisotopic (exact) mass is 246 g/mol. The Morgan fingerprint density at radius 2 is 1.63 bits per heavy atom. The molecule has 19 heavy (non-hydrogen) atoms. The van der Waals surface area contributed by atoms with E-state index in [9.17, 15) is 4.79 Å². The molecule has 0 aliphatic heterocycles. The fraction of sp³-hybridized carbons (Fsp3) is 0. The maximum atomic E-state index is 12.5. The largest absolute Gasteiger partial charge is 0.397 e. The molecule has 1 aromatic heterocycles. The van der Waals surface area contributed by atoms with Crippen molar-refractivity contribution in [3.8, 4) is 11.1 Å².